The molecule has 0 spiro atoms. The van der Waals surface area contributed by atoms with Crippen molar-refractivity contribution < 1.29 is 22.7 Å². The molecule has 0 N–H and O–H groups in total. The van der Waals surface area contributed by atoms with E-state index in [2.05, 4.69) is 19.9 Å². The van der Waals surface area contributed by atoms with Crippen molar-refractivity contribution in [3.63, 3.8) is 0 Å². The van der Waals surface area contributed by atoms with Crippen molar-refractivity contribution in [2.45, 2.75) is 84.6 Å². The van der Waals surface area contributed by atoms with Gasteiger partial charge in [-0.1, -0.05) is 19.9 Å². The Labute approximate surface area is 221 Å². The van der Waals surface area contributed by atoms with Gasteiger partial charge in [0.2, 0.25) is 15.9 Å². The van der Waals surface area contributed by atoms with Gasteiger partial charge in [-0.05, 0) is 76.5 Å². The van der Waals surface area contributed by atoms with E-state index in [0.717, 1.165) is 50.6 Å². The summed E-state index contributed by atoms with van der Waals surface area (Å²) in [6.07, 6.45) is 12.6. The van der Waals surface area contributed by atoms with Crippen molar-refractivity contribution in [2.24, 2.45) is 17.8 Å². The number of ether oxygens (including phenoxy) is 1. The summed E-state index contributed by atoms with van der Waals surface area (Å²) in [5.41, 5.74) is 1.32. The summed E-state index contributed by atoms with van der Waals surface area (Å²) in [4.78, 5) is 29.0. The average Bonchev–Trinajstić information content (AvgIpc) is 3.30. The molecule has 1 saturated heterocycles. The Hall–Kier alpha value is -2.20. The number of piperidine rings is 1. The van der Waals surface area contributed by atoms with Crippen LogP contribution in [0.1, 0.15) is 88.9 Å². The summed E-state index contributed by atoms with van der Waals surface area (Å²) in [6.45, 7) is 7.12. The minimum atomic E-state index is -3.30. The molecule has 2 fully saturated rings. The van der Waals surface area contributed by atoms with Crippen LogP contribution in [0.3, 0.4) is 0 Å². The summed E-state index contributed by atoms with van der Waals surface area (Å²) in [5.74, 6) is 0.933. The molecule has 0 bridgehead atoms. The van der Waals surface area contributed by atoms with Gasteiger partial charge >= 0.3 is 5.97 Å². The topological polar surface area (TPSA) is 102 Å². The fraction of sp³-hybridized carbons (Fsp3) is 0.741. The number of hydrogen-bond donors (Lipinski definition) is 0. The fourth-order valence-electron chi connectivity index (χ4n) is 5.80. The Morgan fingerprint density at radius 2 is 1.73 bits per heavy atom. The van der Waals surface area contributed by atoms with Gasteiger partial charge in [0.15, 0.2) is 5.82 Å². The van der Waals surface area contributed by atoms with Crippen molar-refractivity contribution >= 4 is 33.4 Å². The first kappa shape index (κ1) is 27.8. The van der Waals surface area contributed by atoms with E-state index in [1.807, 2.05) is 0 Å². The minimum absolute atomic E-state index is 0.00764. The number of nitrogens with zero attached hydrogens (tertiary/aromatic N) is 4. The number of aromatic nitrogens is 2. The highest BCUT2D eigenvalue weighted by Gasteiger charge is 2.39. The van der Waals surface area contributed by atoms with Crippen LogP contribution in [0.4, 0.5) is 5.82 Å². The maximum Gasteiger partial charge on any atom is 0.343 e. The normalized spacial score (nSPS) is 25.9. The molecule has 0 radical (unpaired) electrons. The van der Waals surface area contributed by atoms with Gasteiger partial charge in [0.05, 0.1) is 12.9 Å². The van der Waals surface area contributed by atoms with E-state index in [9.17, 15) is 18.0 Å². The number of carbonyl (C=O) groups excluding carboxylic acids is 2. The van der Waals surface area contributed by atoms with Crippen LogP contribution in [0.15, 0.2) is 12.3 Å². The summed E-state index contributed by atoms with van der Waals surface area (Å²) >= 11 is 0. The van der Waals surface area contributed by atoms with Gasteiger partial charge in [0.25, 0.3) is 0 Å². The van der Waals surface area contributed by atoms with Gasteiger partial charge < -0.3 is 4.74 Å². The van der Waals surface area contributed by atoms with Crippen LogP contribution in [-0.4, -0.2) is 66.4 Å². The lowest BCUT2D eigenvalue weighted by atomic mass is 9.82. The molecule has 1 aromatic rings. The Kier molecular flexibility index (Phi) is 8.78. The molecule has 1 amide bonds. The van der Waals surface area contributed by atoms with Crippen molar-refractivity contribution in [3.05, 3.63) is 17.8 Å². The summed E-state index contributed by atoms with van der Waals surface area (Å²) in [6, 6.07) is -0.235. The van der Waals surface area contributed by atoms with Gasteiger partial charge in [-0.2, -0.15) is 0 Å². The second-order valence-corrected chi connectivity index (χ2v) is 13.1. The molecule has 1 saturated carbocycles. The van der Waals surface area contributed by atoms with E-state index in [0.29, 0.717) is 49.1 Å². The van der Waals surface area contributed by atoms with E-state index in [-0.39, 0.29) is 24.5 Å². The predicted molar refractivity (Wildman–Crippen MR) is 144 cm³/mol. The van der Waals surface area contributed by atoms with E-state index >= 15 is 0 Å². The molecule has 1 aromatic heterocycles. The number of hydrogen-bond acceptors (Lipinski definition) is 6. The molecular weight excluding hydrogens is 492 g/mol. The zero-order valence-corrected chi connectivity index (χ0v) is 23.5. The number of rotatable bonds is 7. The smallest absolute Gasteiger partial charge is 0.343 e. The fourth-order valence-corrected chi connectivity index (χ4v) is 6.67. The molecule has 0 aromatic carbocycles. The largest absolute Gasteiger partial charge is 0.462 e. The lowest BCUT2D eigenvalue weighted by Gasteiger charge is -2.39. The average molecular weight is 535 g/mol. The predicted octanol–water partition coefficient (Wildman–Crippen LogP) is 4.30. The molecular formula is C27H42N4O5S. The molecule has 2 heterocycles. The Morgan fingerprint density at radius 1 is 1.05 bits per heavy atom. The van der Waals surface area contributed by atoms with Crippen LogP contribution in [0.5, 0.6) is 0 Å². The molecule has 2 aliphatic carbocycles. The van der Waals surface area contributed by atoms with Gasteiger partial charge in [0, 0.05) is 36.9 Å². The number of carbonyl (C=O) groups is 2. The van der Waals surface area contributed by atoms with E-state index < -0.39 is 16.0 Å². The summed E-state index contributed by atoms with van der Waals surface area (Å²) in [5, 5.41) is 4.86. The maximum absolute atomic E-state index is 14.1. The van der Waals surface area contributed by atoms with E-state index in [1.165, 1.54) is 10.6 Å². The Bertz CT molecular complexity index is 1110. The second-order valence-electron chi connectivity index (χ2n) is 11.2. The van der Waals surface area contributed by atoms with Gasteiger partial charge in [-0.25, -0.2) is 22.2 Å². The van der Waals surface area contributed by atoms with Gasteiger partial charge in [-0.15, -0.1) is 5.10 Å². The van der Waals surface area contributed by atoms with Crippen molar-refractivity contribution in [1.82, 2.24) is 14.1 Å². The van der Waals surface area contributed by atoms with Crippen LogP contribution in [-0.2, 0) is 19.6 Å². The molecule has 1 aliphatic heterocycles. The third-order valence-electron chi connectivity index (χ3n) is 8.22. The minimum Gasteiger partial charge on any atom is -0.462 e. The molecule has 3 aliphatic rings. The third-order valence-corrected chi connectivity index (χ3v) is 9.52. The molecule has 37 heavy (non-hydrogen) atoms. The summed E-state index contributed by atoms with van der Waals surface area (Å²) < 4.78 is 32.9. The first-order valence-electron chi connectivity index (χ1n) is 13.8. The monoisotopic (exact) mass is 534 g/mol. The van der Waals surface area contributed by atoms with Crippen LogP contribution in [0.25, 0.3) is 5.70 Å². The highest BCUT2D eigenvalue weighted by atomic mass is 32.2. The van der Waals surface area contributed by atoms with Crippen LogP contribution >= 0.6 is 0 Å². The Balaban J connectivity index is 1.72. The molecule has 1 unspecified atom stereocenters. The lowest BCUT2D eigenvalue weighted by molar-refractivity contribution is -0.124. The van der Waals surface area contributed by atoms with E-state index in [1.54, 1.807) is 22.7 Å². The van der Waals surface area contributed by atoms with Gasteiger partial charge in [0.1, 0.15) is 5.56 Å². The molecule has 1 atom stereocenters. The molecule has 10 heteroatoms. The van der Waals surface area contributed by atoms with E-state index in [4.69, 9.17) is 9.84 Å². The highest BCUT2D eigenvalue weighted by molar-refractivity contribution is 7.88. The number of amides is 1. The van der Waals surface area contributed by atoms with Crippen LogP contribution in [0, 0.1) is 17.8 Å². The number of sulfonamides is 1. The van der Waals surface area contributed by atoms with Crippen molar-refractivity contribution in [2.75, 3.05) is 30.9 Å². The molecule has 4 rings (SSSR count). The molecule has 9 nitrogen and oxygen atoms in total. The van der Waals surface area contributed by atoms with Gasteiger partial charge in [-0.3, -0.25) is 9.69 Å². The lowest BCUT2D eigenvalue weighted by Crippen LogP contribution is -2.51. The van der Waals surface area contributed by atoms with Crippen LogP contribution in [0.2, 0.25) is 0 Å². The molecule has 206 valence electrons. The zero-order valence-electron chi connectivity index (χ0n) is 22.7. The highest BCUT2D eigenvalue weighted by Crippen LogP contribution is 2.35. The second kappa shape index (κ2) is 11.7. The zero-order chi connectivity index (χ0) is 26.7. The number of anilines is 1. The van der Waals surface area contributed by atoms with Crippen molar-refractivity contribution in [3.8, 4) is 0 Å². The third kappa shape index (κ3) is 6.45. The van der Waals surface area contributed by atoms with Crippen molar-refractivity contribution in [1.29, 1.82) is 0 Å². The maximum atomic E-state index is 14.1. The first-order valence-corrected chi connectivity index (χ1v) is 15.7. The SMILES string of the molecule is CCOC(=O)c1cn(C2=CCC(C)CC2)nc1N(C(=O)[C@H]1CC[C@H](C)CC1)C1CCN(S(C)(=O)=O)CC1. The first-order chi connectivity index (χ1) is 17.6. The van der Waals surface area contributed by atoms with Crippen LogP contribution < -0.4 is 4.90 Å². The quantitative estimate of drug-likeness (QED) is 0.483. The standard InChI is InChI=1S/C27H42N4O5S/c1-5-36-27(33)24-18-30(22-12-8-20(3)9-13-22)28-25(24)31(26(32)21-10-6-19(2)7-11-21)23-14-16-29(17-15-23)37(4,34)35/h12,18-21,23H,5-11,13-17H2,1-4H3/t19-,20?,21-. The summed E-state index contributed by atoms with van der Waals surface area (Å²) in [7, 11) is -3.30. The Morgan fingerprint density at radius 3 is 2.30 bits per heavy atom. The number of esters is 1. The number of allylic oxidation sites excluding steroid dienone is 2.